The lowest BCUT2D eigenvalue weighted by atomic mass is 9.82. The largest absolute Gasteiger partial charge is 0.294 e. The normalized spacial score (nSPS) is 17.3. The molecular weight excluding hydrogens is 302 g/mol. The van der Waals surface area contributed by atoms with Gasteiger partial charge in [-0.1, -0.05) is 51.1 Å². The molecule has 0 bridgehead atoms. The van der Waals surface area contributed by atoms with Crippen molar-refractivity contribution < 1.29 is 9.59 Å². The Labute approximate surface area is 141 Å². The van der Waals surface area contributed by atoms with Crippen LogP contribution >= 0.6 is 0 Å². The number of hydrogen-bond acceptors (Lipinski definition) is 4. The second-order valence-electron chi connectivity index (χ2n) is 7.20. The summed E-state index contributed by atoms with van der Waals surface area (Å²) in [6, 6.07) is 9.98. The predicted molar refractivity (Wildman–Crippen MR) is 92.0 cm³/mol. The number of ketones is 1. The minimum Gasteiger partial charge on any atom is -0.294 e. The van der Waals surface area contributed by atoms with Crippen molar-refractivity contribution in [1.29, 1.82) is 0 Å². The molecule has 5 heteroatoms. The van der Waals surface area contributed by atoms with E-state index in [0.29, 0.717) is 24.1 Å². The molecule has 1 amide bonds. The molecule has 1 heterocycles. The second kappa shape index (κ2) is 6.15. The van der Waals surface area contributed by atoms with Crippen LogP contribution in [0.4, 0.5) is 5.95 Å². The minimum absolute atomic E-state index is 0.0544. The number of Topliss-reactive ketones (excluding diaryl/α,β-unsaturated/α-hetero) is 1. The number of fused-ring (bicyclic) bond motifs is 1. The van der Waals surface area contributed by atoms with E-state index in [0.717, 1.165) is 5.56 Å². The SMILES string of the molecule is CC(C)(C)C(=O)Nc1ncc2c(n1)C[C@@H](c1ccccc1)CC2=O. The maximum Gasteiger partial charge on any atom is 0.232 e. The van der Waals surface area contributed by atoms with Gasteiger partial charge in [0.2, 0.25) is 11.9 Å². The van der Waals surface area contributed by atoms with Crippen molar-refractivity contribution in [2.75, 3.05) is 5.32 Å². The van der Waals surface area contributed by atoms with Gasteiger partial charge in [0, 0.05) is 18.0 Å². The van der Waals surface area contributed by atoms with Crippen molar-refractivity contribution in [1.82, 2.24) is 9.97 Å². The molecule has 1 aliphatic carbocycles. The lowest BCUT2D eigenvalue weighted by molar-refractivity contribution is -0.123. The van der Waals surface area contributed by atoms with E-state index in [2.05, 4.69) is 15.3 Å². The van der Waals surface area contributed by atoms with E-state index in [-0.39, 0.29) is 23.6 Å². The maximum atomic E-state index is 12.4. The van der Waals surface area contributed by atoms with Crippen molar-refractivity contribution in [2.24, 2.45) is 5.41 Å². The quantitative estimate of drug-likeness (QED) is 0.919. The van der Waals surface area contributed by atoms with Gasteiger partial charge in [-0.25, -0.2) is 9.97 Å². The number of nitrogens with zero attached hydrogens (tertiary/aromatic N) is 2. The molecule has 1 aliphatic rings. The first-order valence-corrected chi connectivity index (χ1v) is 8.10. The molecule has 1 atom stereocenters. The first-order chi connectivity index (χ1) is 11.3. The van der Waals surface area contributed by atoms with Crippen LogP contribution < -0.4 is 5.32 Å². The Morgan fingerprint density at radius 2 is 1.88 bits per heavy atom. The fourth-order valence-corrected chi connectivity index (χ4v) is 2.76. The number of aromatic nitrogens is 2. The van der Waals surface area contributed by atoms with Crippen LogP contribution in [0.25, 0.3) is 0 Å². The number of carbonyl (C=O) groups is 2. The summed E-state index contributed by atoms with van der Waals surface area (Å²) in [7, 11) is 0. The summed E-state index contributed by atoms with van der Waals surface area (Å²) in [4.78, 5) is 33.0. The van der Waals surface area contributed by atoms with Crippen molar-refractivity contribution >= 4 is 17.6 Å². The number of anilines is 1. The molecule has 1 N–H and O–H groups in total. The highest BCUT2D eigenvalue weighted by molar-refractivity contribution is 5.99. The van der Waals surface area contributed by atoms with Gasteiger partial charge >= 0.3 is 0 Å². The van der Waals surface area contributed by atoms with E-state index in [4.69, 9.17) is 0 Å². The number of carbonyl (C=O) groups excluding carboxylic acids is 2. The van der Waals surface area contributed by atoms with Crippen LogP contribution in [0.2, 0.25) is 0 Å². The van der Waals surface area contributed by atoms with E-state index in [1.165, 1.54) is 6.20 Å². The first kappa shape index (κ1) is 16.3. The summed E-state index contributed by atoms with van der Waals surface area (Å²) < 4.78 is 0. The van der Waals surface area contributed by atoms with Crippen molar-refractivity contribution in [3.63, 3.8) is 0 Å². The average Bonchev–Trinajstić information content (AvgIpc) is 2.54. The summed E-state index contributed by atoms with van der Waals surface area (Å²) in [5, 5.41) is 2.73. The standard InChI is InChI=1S/C19H21N3O2/c1-19(2,3)17(24)22-18-20-11-14-15(21-18)9-13(10-16(14)23)12-7-5-4-6-8-12/h4-8,11,13H,9-10H2,1-3H3,(H,20,21,22,24)/t13-/m1/s1. The molecule has 2 aromatic rings. The molecular formula is C19H21N3O2. The summed E-state index contributed by atoms with van der Waals surface area (Å²) >= 11 is 0. The second-order valence-corrected chi connectivity index (χ2v) is 7.20. The van der Waals surface area contributed by atoms with E-state index >= 15 is 0 Å². The zero-order valence-electron chi connectivity index (χ0n) is 14.2. The van der Waals surface area contributed by atoms with Crippen molar-refractivity contribution in [3.05, 3.63) is 53.3 Å². The smallest absolute Gasteiger partial charge is 0.232 e. The molecule has 24 heavy (non-hydrogen) atoms. The van der Waals surface area contributed by atoms with Crippen LogP contribution in [0, 0.1) is 5.41 Å². The van der Waals surface area contributed by atoms with Gasteiger partial charge in [0.1, 0.15) is 0 Å². The predicted octanol–water partition coefficient (Wildman–Crippen LogP) is 3.37. The maximum absolute atomic E-state index is 12.4. The fourth-order valence-electron chi connectivity index (χ4n) is 2.76. The minimum atomic E-state index is -0.526. The van der Waals surface area contributed by atoms with Crippen molar-refractivity contribution in [2.45, 2.75) is 39.5 Å². The molecule has 5 nitrogen and oxygen atoms in total. The number of nitrogens with one attached hydrogen (secondary N) is 1. The van der Waals surface area contributed by atoms with Gasteiger partial charge in [0.05, 0.1) is 11.3 Å². The molecule has 124 valence electrons. The monoisotopic (exact) mass is 323 g/mol. The molecule has 0 fully saturated rings. The third-order valence-corrected chi connectivity index (χ3v) is 4.22. The van der Waals surface area contributed by atoms with Crippen LogP contribution in [-0.2, 0) is 11.2 Å². The molecule has 0 radical (unpaired) electrons. The van der Waals surface area contributed by atoms with Crippen molar-refractivity contribution in [3.8, 4) is 0 Å². The molecule has 0 unspecified atom stereocenters. The van der Waals surface area contributed by atoms with Crippen LogP contribution in [-0.4, -0.2) is 21.7 Å². The van der Waals surface area contributed by atoms with E-state index in [9.17, 15) is 9.59 Å². The van der Waals surface area contributed by atoms with Crippen LogP contribution in [0.15, 0.2) is 36.5 Å². The molecule has 0 saturated carbocycles. The Bertz CT molecular complexity index is 779. The van der Waals surface area contributed by atoms with E-state index < -0.39 is 5.41 Å². The third-order valence-electron chi connectivity index (χ3n) is 4.22. The Hall–Kier alpha value is -2.56. The summed E-state index contributed by atoms with van der Waals surface area (Å²) in [6.45, 7) is 5.49. The number of rotatable bonds is 2. The van der Waals surface area contributed by atoms with Crippen LogP contribution in [0.3, 0.4) is 0 Å². The summed E-state index contributed by atoms with van der Waals surface area (Å²) in [6.07, 6.45) is 2.67. The van der Waals surface area contributed by atoms with Crippen LogP contribution in [0.1, 0.15) is 54.7 Å². The lowest BCUT2D eigenvalue weighted by Crippen LogP contribution is -2.29. The van der Waals surface area contributed by atoms with Crippen LogP contribution in [0.5, 0.6) is 0 Å². The zero-order chi connectivity index (χ0) is 17.3. The van der Waals surface area contributed by atoms with E-state index in [1.54, 1.807) is 0 Å². The van der Waals surface area contributed by atoms with E-state index in [1.807, 2.05) is 51.1 Å². The third kappa shape index (κ3) is 3.35. The first-order valence-electron chi connectivity index (χ1n) is 8.10. The summed E-state index contributed by atoms with van der Waals surface area (Å²) in [5.41, 5.74) is 1.88. The number of amides is 1. The summed E-state index contributed by atoms with van der Waals surface area (Å²) in [5.74, 6) is 0.283. The average molecular weight is 323 g/mol. The van der Waals surface area contributed by atoms with Gasteiger partial charge in [-0.15, -0.1) is 0 Å². The highest BCUT2D eigenvalue weighted by atomic mass is 16.2. The molecule has 0 aliphatic heterocycles. The van der Waals surface area contributed by atoms with Gasteiger partial charge < -0.3 is 0 Å². The topological polar surface area (TPSA) is 72.0 Å². The molecule has 0 spiro atoms. The Kier molecular flexibility index (Phi) is 4.18. The number of hydrogen-bond donors (Lipinski definition) is 1. The fraction of sp³-hybridized carbons (Fsp3) is 0.368. The van der Waals surface area contributed by atoms with Gasteiger partial charge in [-0.3, -0.25) is 14.9 Å². The highest BCUT2D eigenvalue weighted by Crippen LogP contribution is 2.31. The van der Waals surface area contributed by atoms with Gasteiger partial charge in [0.15, 0.2) is 5.78 Å². The molecule has 1 aromatic heterocycles. The van der Waals surface area contributed by atoms with Gasteiger partial charge in [-0.2, -0.15) is 0 Å². The number of benzene rings is 1. The Morgan fingerprint density at radius 1 is 1.17 bits per heavy atom. The Balaban J connectivity index is 1.86. The molecule has 3 rings (SSSR count). The zero-order valence-corrected chi connectivity index (χ0v) is 14.2. The highest BCUT2D eigenvalue weighted by Gasteiger charge is 2.29. The van der Waals surface area contributed by atoms with Gasteiger partial charge in [-0.05, 0) is 17.9 Å². The lowest BCUT2D eigenvalue weighted by Gasteiger charge is -2.23. The van der Waals surface area contributed by atoms with Gasteiger partial charge in [0.25, 0.3) is 0 Å². The molecule has 1 aromatic carbocycles. The Morgan fingerprint density at radius 3 is 2.54 bits per heavy atom. The molecule has 0 saturated heterocycles.